The monoisotopic (exact) mass is 345 g/mol. The molecular weight excluding hydrogens is 326 g/mol. The number of anilines is 1. The van der Waals surface area contributed by atoms with Gasteiger partial charge in [-0.1, -0.05) is 0 Å². The van der Waals surface area contributed by atoms with Crippen LogP contribution >= 0.6 is 0 Å². The second-order valence-electron chi connectivity index (χ2n) is 6.70. The first-order chi connectivity index (χ1) is 12.0. The second-order valence-corrected chi connectivity index (χ2v) is 6.70. The van der Waals surface area contributed by atoms with Gasteiger partial charge in [0.05, 0.1) is 0 Å². The smallest absolute Gasteiger partial charge is 0.325 e. The number of imide groups is 1. The van der Waals surface area contributed by atoms with Crippen LogP contribution < -0.4 is 20.1 Å². The summed E-state index contributed by atoms with van der Waals surface area (Å²) in [5.41, 5.74) is -0.361. The van der Waals surface area contributed by atoms with Crippen molar-refractivity contribution in [2.75, 3.05) is 25.1 Å². The van der Waals surface area contributed by atoms with Crippen molar-refractivity contribution < 1.29 is 23.9 Å². The minimum Gasteiger partial charge on any atom is -0.486 e. The fraction of sp³-hybridized carbons (Fsp3) is 0.471. The van der Waals surface area contributed by atoms with Crippen molar-refractivity contribution in [3.63, 3.8) is 0 Å². The van der Waals surface area contributed by atoms with Crippen LogP contribution in [0.15, 0.2) is 18.2 Å². The number of hydrogen-bond acceptors (Lipinski definition) is 5. The number of carbonyl (C=O) groups is 3. The van der Waals surface area contributed by atoms with E-state index in [1.165, 1.54) is 0 Å². The highest BCUT2D eigenvalue weighted by atomic mass is 16.6. The molecule has 1 saturated heterocycles. The van der Waals surface area contributed by atoms with Gasteiger partial charge < -0.3 is 20.1 Å². The summed E-state index contributed by atoms with van der Waals surface area (Å²) in [5, 5.41) is 5.41. The molecule has 1 aliphatic carbocycles. The summed E-state index contributed by atoms with van der Waals surface area (Å²) in [6, 6.07) is 4.54. The number of hydrogen-bond donors (Lipinski definition) is 2. The predicted molar refractivity (Wildman–Crippen MR) is 87.4 cm³/mol. The average Bonchev–Trinajstić information content (AvgIpc) is 3.41. The lowest BCUT2D eigenvalue weighted by atomic mass is 9.96. The Morgan fingerprint density at radius 1 is 1.28 bits per heavy atom. The van der Waals surface area contributed by atoms with E-state index in [4.69, 9.17) is 9.47 Å². The number of carbonyl (C=O) groups excluding carboxylic acids is 3. The summed E-state index contributed by atoms with van der Waals surface area (Å²) in [6.45, 7) is 2.35. The SMILES string of the molecule is CC1(C2CC2)NC(=O)N(CC(=O)Nc2ccc3c(c2)OCCO3)C1=O. The van der Waals surface area contributed by atoms with Gasteiger partial charge in [-0.05, 0) is 37.8 Å². The zero-order chi connectivity index (χ0) is 17.6. The molecule has 2 N–H and O–H groups in total. The minimum atomic E-state index is -0.881. The zero-order valence-electron chi connectivity index (χ0n) is 13.8. The summed E-state index contributed by atoms with van der Waals surface area (Å²) in [4.78, 5) is 37.9. The molecule has 1 unspecified atom stereocenters. The molecule has 1 saturated carbocycles. The van der Waals surface area contributed by atoms with Crippen LogP contribution in [0.25, 0.3) is 0 Å². The average molecular weight is 345 g/mol. The maximum absolute atomic E-state index is 12.5. The molecule has 8 nitrogen and oxygen atoms in total. The molecule has 25 heavy (non-hydrogen) atoms. The number of nitrogens with zero attached hydrogens (tertiary/aromatic N) is 1. The van der Waals surface area contributed by atoms with E-state index in [1.54, 1.807) is 25.1 Å². The van der Waals surface area contributed by atoms with Gasteiger partial charge in [-0.25, -0.2) is 4.79 Å². The Labute approximate surface area is 144 Å². The number of ether oxygens (including phenoxy) is 2. The fourth-order valence-electron chi connectivity index (χ4n) is 3.26. The van der Waals surface area contributed by atoms with Crippen LogP contribution in [0.2, 0.25) is 0 Å². The first kappa shape index (κ1) is 15.7. The molecule has 132 valence electrons. The molecule has 4 amide bonds. The molecule has 2 aliphatic heterocycles. The second kappa shape index (κ2) is 5.65. The third-order valence-electron chi connectivity index (χ3n) is 4.82. The summed E-state index contributed by atoms with van der Waals surface area (Å²) >= 11 is 0. The molecule has 8 heteroatoms. The van der Waals surface area contributed by atoms with Gasteiger partial charge in [-0.3, -0.25) is 14.5 Å². The quantitative estimate of drug-likeness (QED) is 0.797. The van der Waals surface area contributed by atoms with Crippen LogP contribution in [0.5, 0.6) is 11.5 Å². The molecule has 2 heterocycles. The van der Waals surface area contributed by atoms with E-state index >= 15 is 0 Å². The Morgan fingerprint density at radius 3 is 2.72 bits per heavy atom. The van der Waals surface area contributed by atoms with Crippen molar-refractivity contribution in [2.24, 2.45) is 5.92 Å². The maximum Gasteiger partial charge on any atom is 0.325 e. The van der Waals surface area contributed by atoms with Gasteiger partial charge in [-0.2, -0.15) is 0 Å². The highest BCUT2D eigenvalue weighted by Gasteiger charge is 2.56. The molecule has 1 aromatic carbocycles. The number of rotatable bonds is 4. The zero-order valence-corrected chi connectivity index (χ0v) is 13.8. The summed E-state index contributed by atoms with van der Waals surface area (Å²) < 4.78 is 10.9. The maximum atomic E-state index is 12.5. The Morgan fingerprint density at radius 2 is 2.00 bits per heavy atom. The molecule has 2 fully saturated rings. The van der Waals surface area contributed by atoms with Crippen molar-refractivity contribution >= 4 is 23.5 Å². The number of urea groups is 1. The normalized spacial score (nSPS) is 24.9. The summed E-state index contributed by atoms with van der Waals surface area (Å²) in [6.07, 6.45) is 1.83. The number of fused-ring (bicyclic) bond motifs is 1. The van der Waals surface area contributed by atoms with Crippen LogP contribution in [0, 0.1) is 5.92 Å². The number of amides is 4. The van der Waals surface area contributed by atoms with Gasteiger partial charge in [0.2, 0.25) is 5.91 Å². The topological polar surface area (TPSA) is 97.0 Å². The third kappa shape index (κ3) is 2.77. The van der Waals surface area contributed by atoms with Crippen LogP contribution in [-0.4, -0.2) is 48.0 Å². The van der Waals surface area contributed by atoms with Crippen LogP contribution in [0.3, 0.4) is 0 Å². The van der Waals surface area contributed by atoms with Gasteiger partial charge in [0.25, 0.3) is 5.91 Å². The lowest BCUT2D eigenvalue weighted by Crippen LogP contribution is -2.46. The fourth-order valence-corrected chi connectivity index (χ4v) is 3.26. The Balaban J connectivity index is 1.42. The van der Waals surface area contributed by atoms with Crippen molar-refractivity contribution in [3.8, 4) is 11.5 Å². The summed E-state index contributed by atoms with van der Waals surface area (Å²) in [5.74, 6) is 0.561. The van der Waals surface area contributed by atoms with Gasteiger partial charge in [0.1, 0.15) is 25.3 Å². The molecule has 0 spiro atoms. The summed E-state index contributed by atoms with van der Waals surface area (Å²) in [7, 11) is 0. The van der Waals surface area contributed by atoms with Gasteiger partial charge in [-0.15, -0.1) is 0 Å². The molecular formula is C17H19N3O5. The first-order valence-electron chi connectivity index (χ1n) is 8.31. The molecule has 0 aromatic heterocycles. The van der Waals surface area contributed by atoms with E-state index < -0.39 is 17.5 Å². The van der Waals surface area contributed by atoms with E-state index in [1.807, 2.05) is 0 Å². The number of benzene rings is 1. The van der Waals surface area contributed by atoms with Crippen molar-refractivity contribution in [2.45, 2.75) is 25.3 Å². The molecule has 0 radical (unpaired) electrons. The van der Waals surface area contributed by atoms with Crippen LogP contribution in [0.1, 0.15) is 19.8 Å². The molecule has 1 aromatic rings. The van der Waals surface area contributed by atoms with E-state index in [0.29, 0.717) is 30.4 Å². The highest BCUT2D eigenvalue weighted by molar-refractivity contribution is 6.10. The van der Waals surface area contributed by atoms with Gasteiger partial charge in [0, 0.05) is 11.8 Å². The lowest BCUT2D eigenvalue weighted by molar-refractivity contribution is -0.134. The van der Waals surface area contributed by atoms with Crippen molar-refractivity contribution in [3.05, 3.63) is 18.2 Å². The van der Waals surface area contributed by atoms with Gasteiger partial charge >= 0.3 is 6.03 Å². The van der Waals surface area contributed by atoms with E-state index in [-0.39, 0.29) is 18.4 Å². The van der Waals surface area contributed by atoms with E-state index in [0.717, 1.165) is 17.7 Å². The van der Waals surface area contributed by atoms with Crippen molar-refractivity contribution in [1.82, 2.24) is 10.2 Å². The largest absolute Gasteiger partial charge is 0.486 e. The standard InChI is InChI=1S/C17H19N3O5/c1-17(10-2-3-10)15(22)20(16(23)19-17)9-14(21)18-11-4-5-12-13(8-11)25-7-6-24-12/h4-5,8,10H,2-3,6-7,9H2,1H3,(H,18,21)(H,19,23). The first-order valence-corrected chi connectivity index (χ1v) is 8.31. The molecule has 4 rings (SSSR count). The van der Waals surface area contributed by atoms with E-state index in [2.05, 4.69) is 10.6 Å². The molecule has 0 bridgehead atoms. The number of nitrogens with one attached hydrogen (secondary N) is 2. The minimum absolute atomic E-state index is 0.162. The Kier molecular flexibility index (Phi) is 3.55. The molecule has 1 atom stereocenters. The third-order valence-corrected chi connectivity index (χ3v) is 4.82. The Hall–Kier alpha value is -2.77. The lowest BCUT2D eigenvalue weighted by Gasteiger charge is -2.21. The predicted octanol–water partition coefficient (Wildman–Crippen LogP) is 1.12. The van der Waals surface area contributed by atoms with Crippen LogP contribution in [0.4, 0.5) is 10.5 Å². The highest BCUT2D eigenvalue weighted by Crippen LogP contribution is 2.42. The van der Waals surface area contributed by atoms with Gasteiger partial charge in [0.15, 0.2) is 11.5 Å². The Bertz CT molecular complexity index is 761. The molecule has 3 aliphatic rings. The van der Waals surface area contributed by atoms with Crippen LogP contribution in [-0.2, 0) is 9.59 Å². The van der Waals surface area contributed by atoms with E-state index in [9.17, 15) is 14.4 Å². The van der Waals surface area contributed by atoms with Crippen molar-refractivity contribution in [1.29, 1.82) is 0 Å².